The molecule has 0 aliphatic heterocycles. The van der Waals surface area contributed by atoms with Crippen molar-refractivity contribution in [2.24, 2.45) is 0 Å². The maximum Gasteiger partial charge on any atom is 0.197 e. The highest BCUT2D eigenvalue weighted by Gasteiger charge is 2.18. The van der Waals surface area contributed by atoms with Gasteiger partial charge in [0.15, 0.2) is 5.78 Å². The fraction of sp³-hybridized carbons (Fsp3) is 0. The molecule has 0 spiro atoms. The topological polar surface area (TPSA) is 43.1 Å². The van der Waals surface area contributed by atoms with Crippen LogP contribution in [0.1, 0.15) is 15.9 Å². The summed E-state index contributed by atoms with van der Waals surface area (Å²) in [7, 11) is 0. The summed E-state index contributed by atoms with van der Waals surface area (Å²) in [5.41, 5.74) is 6.97. The Kier molecular flexibility index (Phi) is 3.95. The highest BCUT2D eigenvalue weighted by atomic mass is 79.9. The van der Waals surface area contributed by atoms with E-state index in [-0.39, 0.29) is 5.78 Å². The minimum absolute atomic E-state index is 0.238. The van der Waals surface area contributed by atoms with Crippen LogP contribution in [0, 0.1) is 0 Å². The fourth-order valence-corrected chi connectivity index (χ4v) is 2.71. The van der Waals surface area contributed by atoms with Crippen LogP contribution in [-0.4, -0.2) is 5.78 Å². The van der Waals surface area contributed by atoms with E-state index in [0.29, 0.717) is 31.3 Å². The molecule has 2 rings (SSSR count). The summed E-state index contributed by atoms with van der Waals surface area (Å²) in [4.78, 5) is 12.4. The van der Waals surface area contributed by atoms with Gasteiger partial charge in [-0.15, -0.1) is 0 Å². The van der Waals surface area contributed by atoms with Gasteiger partial charge in [0, 0.05) is 15.7 Å². The van der Waals surface area contributed by atoms with Crippen LogP contribution < -0.4 is 5.73 Å². The molecule has 0 fully saturated rings. The zero-order chi connectivity index (χ0) is 13.3. The average Bonchev–Trinajstić information content (AvgIpc) is 2.28. The molecule has 92 valence electrons. The fourth-order valence-electron chi connectivity index (χ4n) is 1.56. The third-order valence-electron chi connectivity index (χ3n) is 2.43. The lowest BCUT2D eigenvalue weighted by molar-refractivity contribution is 0.103. The molecular weight excluding hydrogens is 337 g/mol. The molecule has 2 nitrogen and oxygen atoms in total. The number of hydrogen-bond donors (Lipinski definition) is 1. The Morgan fingerprint density at radius 1 is 1.11 bits per heavy atom. The van der Waals surface area contributed by atoms with E-state index in [2.05, 4.69) is 15.9 Å². The van der Waals surface area contributed by atoms with E-state index < -0.39 is 0 Å². The van der Waals surface area contributed by atoms with E-state index in [0.717, 1.165) is 0 Å². The molecule has 0 amide bonds. The van der Waals surface area contributed by atoms with Crippen LogP contribution in [0.2, 0.25) is 10.0 Å². The Bertz CT molecular complexity index is 608. The normalized spacial score (nSPS) is 10.4. The van der Waals surface area contributed by atoms with Gasteiger partial charge in [0.05, 0.1) is 15.6 Å². The molecule has 0 bridgehead atoms. The zero-order valence-electron chi connectivity index (χ0n) is 9.08. The van der Waals surface area contributed by atoms with Crippen molar-refractivity contribution in [3.05, 3.63) is 62.0 Å². The van der Waals surface area contributed by atoms with Crippen molar-refractivity contribution in [1.29, 1.82) is 0 Å². The van der Waals surface area contributed by atoms with Crippen LogP contribution in [0.15, 0.2) is 40.9 Å². The van der Waals surface area contributed by atoms with E-state index in [1.165, 1.54) is 0 Å². The molecule has 2 aromatic rings. The molecule has 18 heavy (non-hydrogen) atoms. The van der Waals surface area contributed by atoms with Crippen LogP contribution in [0.5, 0.6) is 0 Å². The van der Waals surface area contributed by atoms with Gasteiger partial charge in [-0.2, -0.15) is 0 Å². The molecule has 0 aromatic heterocycles. The number of nitrogens with two attached hydrogens (primary N) is 1. The summed E-state index contributed by atoms with van der Waals surface area (Å²) in [5, 5.41) is 0.660. The molecule has 0 radical (unpaired) electrons. The SMILES string of the molecule is Nc1ccc(C(=O)c2c(Cl)cccc2Cl)c(Br)c1. The molecule has 0 unspecified atom stereocenters. The Morgan fingerprint density at radius 2 is 1.72 bits per heavy atom. The maximum absolute atomic E-state index is 12.4. The smallest absolute Gasteiger partial charge is 0.197 e. The second-order valence-electron chi connectivity index (χ2n) is 3.67. The second-order valence-corrected chi connectivity index (χ2v) is 5.33. The van der Waals surface area contributed by atoms with Gasteiger partial charge in [-0.1, -0.05) is 29.3 Å². The van der Waals surface area contributed by atoms with Crippen molar-refractivity contribution in [1.82, 2.24) is 0 Å². The van der Waals surface area contributed by atoms with Gasteiger partial charge in [0.25, 0.3) is 0 Å². The number of nitrogen functional groups attached to an aromatic ring is 1. The number of benzene rings is 2. The molecule has 2 aromatic carbocycles. The van der Waals surface area contributed by atoms with Crippen molar-refractivity contribution in [3.8, 4) is 0 Å². The highest BCUT2D eigenvalue weighted by molar-refractivity contribution is 9.10. The lowest BCUT2D eigenvalue weighted by atomic mass is 10.0. The number of anilines is 1. The van der Waals surface area contributed by atoms with E-state index in [9.17, 15) is 4.79 Å². The van der Waals surface area contributed by atoms with Crippen molar-refractivity contribution < 1.29 is 4.79 Å². The summed E-state index contributed by atoms with van der Waals surface area (Å²) in [6.07, 6.45) is 0. The number of halogens is 3. The summed E-state index contributed by atoms with van der Waals surface area (Å²) in [6.45, 7) is 0. The van der Waals surface area contributed by atoms with Gasteiger partial charge in [-0.3, -0.25) is 4.79 Å². The van der Waals surface area contributed by atoms with Crippen LogP contribution in [0.4, 0.5) is 5.69 Å². The molecule has 0 saturated heterocycles. The first-order valence-corrected chi connectivity index (χ1v) is 6.59. The Balaban J connectivity index is 2.55. The van der Waals surface area contributed by atoms with Crippen molar-refractivity contribution in [2.45, 2.75) is 0 Å². The molecule has 0 saturated carbocycles. The molecule has 0 aliphatic carbocycles. The number of carbonyl (C=O) groups excluding carboxylic acids is 1. The summed E-state index contributed by atoms with van der Waals surface area (Å²) in [6, 6.07) is 9.92. The molecule has 2 N–H and O–H groups in total. The third kappa shape index (κ3) is 2.53. The van der Waals surface area contributed by atoms with Gasteiger partial charge >= 0.3 is 0 Å². The van der Waals surface area contributed by atoms with E-state index >= 15 is 0 Å². The van der Waals surface area contributed by atoms with Gasteiger partial charge in [-0.05, 0) is 46.3 Å². The lowest BCUT2D eigenvalue weighted by Crippen LogP contribution is -2.04. The van der Waals surface area contributed by atoms with Crippen LogP contribution in [0.3, 0.4) is 0 Å². The zero-order valence-corrected chi connectivity index (χ0v) is 12.2. The van der Waals surface area contributed by atoms with E-state index in [1.54, 1.807) is 36.4 Å². The predicted octanol–water partition coefficient (Wildman–Crippen LogP) is 4.57. The van der Waals surface area contributed by atoms with Crippen molar-refractivity contribution in [3.63, 3.8) is 0 Å². The average molecular weight is 345 g/mol. The Hall–Kier alpha value is -1.03. The third-order valence-corrected chi connectivity index (χ3v) is 3.71. The molecule has 0 aliphatic rings. The Labute approximate surface area is 123 Å². The molecule has 0 heterocycles. The van der Waals surface area contributed by atoms with Gasteiger partial charge < -0.3 is 5.73 Å². The second kappa shape index (κ2) is 5.31. The Morgan fingerprint density at radius 3 is 2.28 bits per heavy atom. The van der Waals surface area contributed by atoms with Crippen LogP contribution in [0.25, 0.3) is 0 Å². The number of rotatable bonds is 2. The van der Waals surface area contributed by atoms with E-state index in [1.807, 2.05) is 0 Å². The van der Waals surface area contributed by atoms with E-state index in [4.69, 9.17) is 28.9 Å². The lowest BCUT2D eigenvalue weighted by Gasteiger charge is -2.08. The minimum atomic E-state index is -0.238. The monoisotopic (exact) mass is 343 g/mol. The molecular formula is C13H8BrCl2NO. The minimum Gasteiger partial charge on any atom is -0.399 e. The standard InChI is InChI=1S/C13H8BrCl2NO/c14-9-6-7(17)4-5-8(9)13(18)12-10(15)2-1-3-11(12)16/h1-6H,17H2. The first-order valence-electron chi connectivity index (χ1n) is 5.04. The van der Waals surface area contributed by atoms with Crippen LogP contribution >= 0.6 is 39.1 Å². The number of hydrogen-bond acceptors (Lipinski definition) is 2. The van der Waals surface area contributed by atoms with Crippen LogP contribution in [-0.2, 0) is 0 Å². The molecule has 5 heteroatoms. The summed E-state index contributed by atoms with van der Waals surface area (Å²) >= 11 is 15.3. The van der Waals surface area contributed by atoms with Gasteiger partial charge in [0.1, 0.15) is 0 Å². The number of ketones is 1. The first-order chi connectivity index (χ1) is 8.50. The van der Waals surface area contributed by atoms with Crippen molar-refractivity contribution in [2.75, 3.05) is 5.73 Å². The van der Waals surface area contributed by atoms with Crippen molar-refractivity contribution >= 4 is 50.6 Å². The van der Waals surface area contributed by atoms with Gasteiger partial charge in [-0.25, -0.2) is 0 Å². The first kappa shape index (κ1) is 13.4. The quantitative estimate of drug-likeness (QED) is 0.640. The van der Waals surface area contributed by atoms with Gasteiger partial charge in [0.2, 0.25) is 0 Å². The largest absolute Gasteiger partial charge is 0.399 e. The maximum atomic E-state index is 12.4. The summed E-state index contributed by atoms with van der Waals surface area (Å²) < 4.78 is 0.614. The molecule has 0 atom stereocenters. The summed E-state index contributed by atoms with van der Waals surface area (Å²) in [5.74, 6) is -0.238. The number of carbonyl (C=O) groups is 1. The highest BCUT2D eigenvalue weighted by Crippen LogP contribution is 2.30. The predicted molar refractivity (Wildman–Crippen MR) is 78.4 cm³/mol.